The standard InChI is InChI=1S/C52H84N2O22/c1-27-37(8)39(10,53-28(2)57)35(6,71-49(27,21-55)41(37,12)63)25-68-24-34(5)46(17)44(15,66)48(19,76-52(34,74-46)32(61)62)70-30-38(9)40(11,54-29(3)58)36(7,72-50(30,22-56)42(38,13)64)26-69-23-33(4)45(16)43(14,65)47(18,67-20)75-51(33,73-45)31(59)60/h27,30,55-56,63-66H,21-26H2,1-20H3,(H,53,57)(H,54,58)(H,59,60)(H,61,62)/p-2/t27-,30-,33-,34-,35-,36-,37-,38-,39?,40?,41-,42-,43?,44?,45+,46+,47+,48+,49?,50?,51?,52?/m0/s1. The Morgan fingerprint density at radius 2 is 0.868 bits per heavy atom. The molecular formula is C52H82N2O22-2. The van der Waals surface area contributed by atoms with Gasteiger partial charge < -0.3 is 108 Å². The lowest BCUT2D eigenvalue weighted by Gasteiger charge is -2.83. The van der Waals surface area contributed by atoms with Crippen LogP contribution < -0.4 is 20.8 Å². The van der Waals surface area contributed by atoms with Crippen LogP contribution in [0.5, 0.6) is 0 Å². The summed E-state index contributed by atoms with van der Waals surface area (Å²) in [5.41, 5.74) is -28.4. The molecule has 2 amide bonds. The van der Waals surface area contributed by atoms with Gasteiger partial charge in [-0.05, 0) is 96.9 Å². The van der Waals surface area contributed by atoms with Crippen molar-refractivity contribution in [3.05, 3.63) is 0 Å². The van der Waals surface area contributed by atoms with Crippen LogP contribution in [0.15, 0.2) is 0 Å². The van der Waals surface area contributed by atoms with Crippen LogP contribution in [0, 0.1) is 27.6 Å². The first-order valence-electron chi connectivity index (χ1n) is 25.8. The normalized spacial score (nSPS) is 59.2. The Morgan fingerprint density at radius 3 is 1.22 bits per heavy atom. The van der Waals surface area contributed by atoms with E-state index in [0.29, 0.717) is 0 Å². The summed E-state index contributed by atoms with van der Waals surface area (Å²) in [4.78, 5) is 52.9. The molecule has 10 heterocycles. The SMILES string of the molecule is CO[C@]1(C)OC2(C(=O)[O-])O[C@@](C)(C1(C)O)[C@]2(C)COC[C@]1(C)OC2(CO)[C@@H](O[C@]3(C)OC4(C(=O)[O-])O[C@@](C)(C3(C)O)[C@]4(C)COC[C@]3(C)OC4(CO)[C@@H](C)[C@@](C)(C3(C)NC(C)=O)[C@]4(C)O)[C@@](C)(C1(C)NC(C)=O)[C@]2(C)O. The fraction of sp³-hybridized carbons (Fsp3) is 0.923. The van der Waals surface area contributed by atoms with Gasteiger partial charge in [0.25, 0.3) is 0 Å². The van der Waals surface area contributed by atoms with Crippen molar-refractivity contribution in [3.8, 4) is 0 Å². The lowest BCUT2D eigenvalue weighted by atomic mass is 9.33. The summed E-state index contributed by atoms with van der Waals surface area (Å²) < 4.78 is 63.1. The topological polar surface area (TPSA) is 352 Å². The van der Waals surface area contributed by atoms with Gasteiger partial charge in [0.05, 0.1) is 67.0 Å². The molecule has 434 valence electrons. The van der Waals surface area contributed by atoms with Gasteiger partial charge in [-0.15, -0.1) is 0 Å². The fourth-order valence-electron chi connectivity index (χ4n) is 16.8. The number of amides is 2. The molecule has 2 saturated carbocycles. The maximum Gasteiger partial charge on any atom is 0.223 e. The molecular weight excluding hydrogens is 1000 g/mol. The summed E-state index contributed by atoms with van der Waals surface area (Å²) in [6.07, 6.45) is -1.59. The van der Waals surface area contributed by atoms with Gasteiger partial charge in [-0.2, -0.15) is 0 Å². The molecule has 10 saturated heterocycles. The highest BCUT2D eigenvalue weighted by molar-refractivity contribution is 5.79. The van der Waals surface area contributed by atoms with Crippen molar-refractivity contribution >= 4 is 23.8 Å². The van der Waals surface area contributed by atoms with Gasteiger partial charge in [-0.3, -0.25) is 9.59 Å². The van der Waals surface area contributed by atoms with Crippen LogP contribution in [0.3, 0.4) is 0 Å². The molecule has 12 aliphatic rings. The molecule has 8 unspecified atom stereocenters. The third kappa shape index (κ3) is 5.48. The average molecular weight is 1090 g/mol. The van der Waals surface area contributed by atoms with Crippen molar-refractivity contribution in [1.82, 2.24) is 10.6 Å². The molecule has 10 aliphatic heterocycles. The molecule has 76 heavy (non-hydrogen) atoms. The average Bonchev–Trinajstić information content (AvgIpc) is 3.29. The molecule has 12 rings (SSSR count). The van der Waals surface area contributed by atoms with Gasteiger partial charge in [-0.1, -0.05) is 20.8 Å². The number of ether oxygens (including phenoxy) is 10. The second-order valence-corrected chi connectivity index (χ2v) is 26.3. The van der Waals surface area contributed by atoms with E-state index >= 15 is 0 Å². The molecule has 8 bridgehead atoms. The number of carbonyl (C=O) groups is 4. The summed E-state index contributed by atoms with van der Waals surface area (Å²) in [5, 5.41) is 104. The zero-order valence-corrected chi connectivity index (χ0v) is 47.6. The van der Waals surface area contributed by atoms with Crippen LogP contribution in [0.2, 0.25) is 0 Å². The highest BCUT2D eigenvalue weighted by atomic mass is 16.9. The van der Waals surface area contributed by atoms with Crippen LogP contribution in [-0.2, 0) is 66.5 Å². The maximum absolute atomic E-state index is 13.7. The first-order valence-corrected chi connectivity index (χ1v) is 25.8. The van der Waals surface area contributed by atoms with Crippen molar-refractivity contribution in [1.29, 1.82) is 0 Å². The quantitative estimate of drug-likeness (QED) is 0.0749. The number of hydrogen-bond acceptors (Lipinski definition) is 22. The summed E-state index contributed by atoms with van der Waals surface area (Å²) >= 11 is 0. The van der Waals surface area contributed by atoms with Crippen LogP contribution in [0.4, 0.5) is 0 Å². The number of aliphatic hydroxyl groups excluding tert-OH is 2. The first-order chi connectivity index (χ1) is 34.1. The van der Waals surface area contributed by atoms with Gasteiger partial charge in [0.15, 0.2) is 5.79 Å². The number of carboxylic acids is 2. The van der Waals surface area contributed by atoms with Crippen molar-refractivity contribution in [2.24, 2.45) is 27.6 Å². The molecule has 24 heteroatoms. The van der Waals surface area contributed by atoms with E-state index < -0.39 is 181 Å². The summed E-state index contributed by atoms with van der Waals surface area (Å²) in [6, 6.07) is 0. The zero-order chi connectivity index (χ0) is 58.2. The summed E-state index contributed by atoms with van der Waals surface area (Å²) in [7, 11) is 1.23. The second-order valence-electron chi connectivity index (χ2n) is 26.3. The highest BCUT2D eigenvalue weighted by Crippen LogP contribution is 2.77. The molecule has 0 aromatic rings. The fourth-order valence-corrected chi connectivity index (χ4v) is 16.8. The van der Waals surface area contributed by atoms with E-state index in [0.717, 1.165) is 0 Å². The number of aliphatic carboxylic acids is 2. The van der Waals surface area contributed by atoms with Gasteiger partial charge in [-0.25, -0.2) is 0 Å². The van der Waals surface area contributed by atoms with Crippen molar-refractivity contribution in [2.45, 2.75) is 228 Å². The Hall–Kier alpha value is -2.76. The summed E-state index contributed by atoms with van der Waals surface area (Å²) in [6.45, 7) is 24.6. The minimum Gasteiger partial charge on any atom is -0.544 e. The third-order valence-electron chi connectivity index (χ3n) is 23.9. The Bertz CT molecular complexity index is 2530. The number of aliphatic hydroxyl groups is 6. The Balaban J connectivity index is 1.11. The van der Waals surface area contributed by atoms with Gasteiger partial charge in [0.2, 0.25) is 29.2 Å². The van der Waals surface area contributed by atoms with Crippen molar-refractivity contribution in [3.63, 3.8) is 0 Å². The number of carboxylic acid groups (broad SMARTS) is 2. The van der Waals surface area contributed by atoms with Gasteiger partial charge in [0, 0.05) is 32.3 Å². The minimum atomic E-state index is -2.75. The first kappa shape index (κ1) is 59.4. The number of nitrogens with one attached hydrogen (secondary N) is 2. The largest absolute Gasteiger partial charge is 0.544 e. The van der Waals surface area contributed by atoms with Crippen molar-refractivity contribution < 1.29 is 107 Å². The maximum atomic E-state index is 13.7. The van der Waals surface area contributed by atoms with Gasteiger partial charge >= 0.3 is 0 Å². The molecule has 8 N–H and O–H groups in total. The molecule has 24 nitrogen and oxygen atoms in total. The lowest BCUT2D eigenvalue weighted by Crippen LogP contribution is -3.01. The third-order valence-corrected chi connectivity index (χ3v) is 23.9. The van der Waals surface area contributed by atoms with E-state index in [1.165, 1.54) is 111 Å². The van der Waals surface area contributed by atoms with Crippen LogP contribution in [0.25, 0.3) is 0 Å². The van der Waals surface area contributed by atoms with Gasteiger partial charge in [0.1, 0.15) is 74.1 Å². The predicted octanol–water partition coefficient (Wildman–Crippen LogP) is -2.46. The Labute approximate surface area is 443 Å². The number of hydrogen-bond donors (Lipinski definition) is 8. The Kier molecular flexibility index (Phi) is 12.2. The zero-order valence-electron chi connectivity index (χ0n) is 47.6. The van der Waals surface area contributed by atoms with Crippen molar-refractivity contribution in [2.75, 3.05) is 46.8 Å². The molecule has 0 radical (unpaired) electrons. The lowest BCUT2D eigenvalue weighted by molar-refractivity contribution is -0.610. The van der Waals surface area contributed by atoms with E-state index in [4.69, 9.17) is 47.4 Å². The number of carbonyl (C=O) groups excluding carboxylic acids is 4. The van der Waals surface area contributed by atoms with Crippen LogP contribution in [-0.4, -0.2) is 197 Å². The van der Waals surface area contributed by atoms with Crippen LogP contribution >= 0.6 is 0 Å². The van der Waals surface area contributed by atoms with E-state index in [1.54, 1.807) is 20.8 Å². The highest BCUT2D eigenvalue weighted by Gasteiger charge is 2.94. The molecule has 2 aliphatic carbocycles. The second kappa shape index (κ2) is 15.6. The minimum absolute atomic E-state index is 0.365. The van der Waals surface area contributed by atoms with E-state index in [1.807, 2.05) is 6.92 Å². The molecule has 0 spiro atoms. The van der Waals surface area contributed by atoms with E-state index in [-0.39, 0.29) is 6.61 Å². The monoisotopic (exact) mass is 1090 g/mol. The molecule has 0 aromatic heterocycles. The molecule has 22 atom stereocenters. The van der Waals surface area contributed by atoms with Crippen LogP contribution in [0.1, 0.15) is 132 Å². The predicted molar refractivity (Wildman–Crippen MR) is 254 cm³/mol. The summed E-state index contributed by atoms with van der Waals surface area (Å²) in [5.74, 6) is -14.8. The molecule has 12 fully saturated rings. The smallest absolute Gasteiger partial charge is 0.223 e. The Morgan fingerprint density at radius 1 is 0.513 bits per heavy atom. The number of fused-ring (bicyclic) bond motifs is 8. The number of methoxy groups -OCH3 is 1. The van der Waals surface area contributed by atoms with E-state index in [9.17, 15) is 60.0 Å². The van der Waals surface area contributed by atoms with E-state index in [2.05, 4.69) is 10.6 Å². The number of rotatable bonds is 17. The molecule has 0 aromatic carbocycles.